The number of benzene rings is 2. The van der Waals surface area contributed by atoms with Crippen molar-refractivity contribution in [2.75, 3.05) is 6.61 Å². The summed E-state index contributed by atoms with van der Waals surface area (Å²) in [5.74, 6) is -3.36. The highest BCUT2D eigenvalue weighted by Gasteiger charge is 2.28. The molecule has 0 unspecified atom stereocenters. The lowest BCUT2D eigenvalue weighted by Gasteiger charge is -2.23. The summed E-state index contributed by atoms with van der Waals surface area (Å²) in [4.78, 5) is 0. The van der Waals surface area contributed by atoms with Gasteiger partial charge in [0.1, 0.15) is 0 Å². The molecule has 1 aliphatic heterocycles. The maximum absolute atomic E-state index is 15.1. The van der Waals surface area contributed by atoms with Gasteiger partial charge in [-0.05, 0) is 37.8 Å². The minimum absolute atomic E-state index is 0.0528. The van der Waals surface area contributed by atoms with E-state index in [1.165, 1.54) is 6.07 Å². The number of allylic oxidation sites excluding steroid dienone is 4. The van der Waals surface area contributed by atoms with Crippen LogP contribution in [0.4, 0.5) is 13.2 Å². The third-order valence-corrected chi connectivity index (χ3v) is 5.07. The second-order valence-electron chi connectivity index (χ2n) is 7.23. The van der Waals surface area contributed by atoms with E-state index < -0.39 is 17.5 Å². The Labute approximate surface area is 175 Å². The third-order valence-electron chi connectivity index (χ3n) is 5.07. The van der Waals surface area contributed by atoms with Crippen molar-refractivity contribution in [1.29, 1.82) is 0 Å². The van der Waals surface area contributed by atoms with Crippen LogP contribution in [-0.2, 0) is 12.8 Å². The van der Waals surface area contributed by atoms with Crippen molar-refractivity contribution in [3.63, 3.8) is 0 Å². The number of hydrogen-bond acceptors (Lipinski definition) is 2. The fraction of sp³-hybridized carbons (Fsp3) is 0.280. The minimum Gasteiger partial charge on any atom is -0.491 e. The summed E-state index contributed by atoms with van der Waals surface area (Å²) in [6.45, 7) is 11.8. The van der Waals surface area contributed by atoms with E-state index in [0.29, 0.717) is 29.5 Å². The smallest absolute Gasteiger partial charge is 0.205 e. The molecule has 3 rings (SSSR count). The molecule has 0 aliphatic carbocycles. The molecule has 0 saturated carbocycles. The summed E-state index contributed by atoms with van der Waals surface area (Å²) >= 11 is 0. The monoisotopic (exact) mass is 414 g/mol. The quantitative estimate of drug-likeness (QED) is 0.363. The number of halogens is 3. The zero-order chi connectivity index (χ0) is 21.8. The third kappa shape index (κ3) is 4.45. The standard InChI is InChI=1S/C25H25F3O2/c1-5-15(3)7-8-16(4)9-10-17-11-12-18-13-19-14-20(29-6-2)22(27)23(28)25(19)30-24(18)21(17)26/h7-8,11-12,14H,3-6,9-10,13H2,1-2H3/b8-7-. The van der Waals surface area contributed by atoms with E-state index in [9.17, 15) is 8.78 Å². The highest BCUT2D eigenvalue weighted by Crippen LogP contribution is 2.43. The van der Waals surface area contributed by atoms with Crippen molar-refractivity contribution in [2.24, 2.45) is 0 Å². The Morgan fingerprint density at radius 3 is 2.40 bits per heavy atom. The minimum atomic E-state index is -1.17. The van der Waals surface area contributed by atoms with Crippen LogP contribution in [0.3, 0.4) is 0 Å². The first-order chi connectivity index (χ1) is 14.3. The van der Waals surface area contributed by atoms with Crippen LogP contribution in [0.5, 0.6) is 17.2 Å². The van der Waals surface area contributed by atoms with Gasteiger partial charge in [-0.1, -0.05) is 55.5 Å². The molecule has 0 fully saturated rings. The topological polar surface area (TPSA) is 18.5 Å². The zero-order valence-corrected chi connectivity index (χ0v) is 17.3. The molecule has 0 radical (unpaired) electrons. The largest absolute Gasteiger partial charge is 0.491 e. The molecule has 2 nitrogen and oxygen atoms in total. The highest BCUT2D eigenvalue weighted by molar-refractivity contribution is 5.54. The van der Waals surface area contributed by atoms with Gasteiger partial charge in [0.05, 0.1) is 6.61 Å². The molecular formula is C25H25F3O2. The molecule has 0 saturated heterocycles. The van der Waals surface area contributed by atoms with Gasteiger partial charge in [-0.25, -0.2) is 4.39 Å². The van der Waals surface area contributed by atoms with E-state index in [0.717, 1.165) is 17.6 Å². The van der Waals surface area contributed by atoms with Crippen molar-refractivity contribution in [3.8, 4) is 17.2 Å². The lowest BCUT2D eigenvalue weighted by Crippen LogP contribution is -2.10. The van der Waals surface area contributed by atoms with Crippen LogP contribution in [0.25, 0.3) is 0 Å². The molecular weight excluding hydrogens is 389 g/mol. The number of hydrogen-bond donors (Lipinski definition) is 0. The molecule has 0 aromatic heterocycles. The van der Waals surface area contributed by atoms with Crippen molar-refractivity contribution in [1.82, 2.24) is 0 Å². The van der Waals surface area contributed by atoms with Gasteiger partial charge in [0.15, 0.2) is 23.1 Å². The second-order valence-corrected chi connectivity index (χ2v) is 7.23. The molecule has 0 N–H and O–H groups in total. The molecule has 158 valence electrons. The Morgan fingerprint density at radius 1 is 1.00 bits per heavy atom. The SMILES string of the molecule is C=C(/C=C\C(=C)CCc1ccc2c(c1F)Oc1c(cc(OCC)c(F)c1F)C2)CC. The van der Waals surface area contributed by atoms with E-state index in [-0.39, 0.29) is 30.3 Å². The van der Waals surface area contributed by atoms with Crippen LogP contribution in [0, 0.1) is 17.5 Å². The molecule has 0 amide bonds. The molecule has 0 spiro atoms. The van der Waals surface area contributed by atoms with Crippen molar-refractivity contribution >= 4 is 0 Å². The van der Waals surface area contributed by atoms with Crippen LogP contribution < -0.4 is 9.47 Å². The van der Waals surface area contributed by atoms with E-state index >= 15 is 4.39 Å². The molecule has 30 heavy (non-hydrogen) atoms. The van der Waals surface area contributed by atoms with Crippen molar-refractivity contribution < 1.29 is 22.6 Å². The summed E-state index contributed by atoms with van der Waals surface area (Å²) in [6.07, 6.45) is 5.83. The summed E-state index contributed by atoms with van der Waals surface area (Å²) in [7, 11) is 0. The van der Waals surface area contributed by atoms with Gasteiger partial charge < -0.3 is 9.47 Å². The molecule has 1 heterocycles. The Hall–Kier alpha value is -2.95. The van der Waals surface area contributed by atoms with Gasteiger partial charge in [0, 0.05) is 17.5 Å². The van der Waals surface area contributed by atoms with Crippen LogP contribution in [0.2, 0.25) is 0 Å². The summed E-state index contributed by atoms with van der Waals surface area (Å²) in [6, 6.07) is 4.87. The van der Waals surface area contributed by atoms with Gasteiger partial charge in [0.25, 0.3) is 0 Å². The first-order valence-corrected chi connectivity index (χ1v) is 10.0. The normalized spacial score (nSPS) is 12.3. The molecule has 2 aromatic rings. The van der Waals surface area contributed by atoms with E-state index in [4.69, 9.17) is 9.47 Å². The van der Waals surface area contributed by atoms with Gasteiger partial charge in [-0.3, -0.25) is 0 Å². The Kier molecular flexibility index (Phi) is 6.70. The zero-order valence-electron chi connectivity index (χ0n) is 17.3. The number of rotatable bonds is 8. The van der Waals surface area contributed by atoms with Gasteiger partial charge in [0.2, 0.25) is 11.6 Å². The fourth-order valence-electron chi connectivity index (χ4n) is 3.26. The number of fused-ring (bicyclic) bond motifs is 2. The molecule has 2 aromatic carbocycles. The predicted octanol–water partition coefficient (Wildman–Crippen LogP) is 7.21. The number of aryl methyl sites for hydroxylation is 1. The summed E-state index contributed by atoms with van der Waals surface area (Å²) in [5.41, 5.74) is 3.28. The maximum Gasteiger partial charge on any atom is 0.205 e. The fourth-order valence-corrected chi connectivity index (χ4v) is 3.26. The first-order valence-electron chi connectivity index (χ1n) is 10.0. The highest BCUT2D eigenvalue weighted by atomic mass is 19.2. The molecule has 0 bridgehead atoms. The molecule has 0 atom stereocenters. The summed E-state index contributed by atoms with van der Waals surface area (Å²) < 4.78 is 54.4. The second kappa shape index (κ2) is 9.24. The average molecular weight is 414 g/mol. The Bertz CT molecular complexity index is 1020. The Balaban J connectivity index is 1.81. The van der Waals surface area contributed by atoms with E-state index in [1.807, 2.05) is 19.1 Å². The summed E-state index contributed by atoms with van der Waals surface area (Å²) in [5, 5.41) is 0. The van der Waals surface area contributed by atoms with E-state index in [2.05, 4.69) is 13.2 Å². The van der Waals surface area contributed by atoms with Gasteiger partial charge in [-0.2, -0.15) is 8.78 Å². The average Bonchev–Trinajstić information content (AvgIpc) is 2.74. The van der Waals surface area contributed by atoms with Crippen LogP contribution in [0.15, 0.2) is 54.7 Å². The van der Waals surface area contributed by atoms with Crippen molar-refractivity contribution in [3.05, 3.63) is 88.8 Å². The van der Waals surface area contributed by atoms with Gasteiger partial charge in [-0.15, -0.1) is 0 Å². The maximum atomic E-state index is 15.1. The van der Waals surface area contributed by atoms with Gasteiger partial charge >= 0.3 is 0 Å². The molecule has 5 heteroatoms. The van der Waals surface area contributed by atoms with Crippen LogP contribution in [0.1, 0.15) is 43.4 Å². The Morgan fingerprint density at radius 2 is 1.70 bits per heavy atom. The van der Waals surface area contributed by atoms with Crippen molar-refractivity contribution in [2.45, 2.75) is 39.5 Å². The molecule has 1 aliphatic rings. The number of ether oxygens (including phenoxy) is 2. The first kappa shape index (κ1) is 21.8. The lowest BCUT2D eigenvalue weighted by atomic mass is 9.96. The van der Waals surface area contributed by atoms with Crippen LogP contribution in [-0.4, -0.2) is 6.61 Å². The predicted molar refractivity (Wildman–Crippen MR) is 113 cm³/mol. The van der Waals surface area contributed by atoms with Crippen LogP contribution >= 0.6 is 0 Å². The lowest BCUT2D eigenvalue weighted by molar-refractivity contribution is 0.306. The van der Waals surface area contributed by atoms with E-state index in [1.54, 1.807) is 19.1 Å².